The molecule has 2 amide bonds. The van der Waals surface area contributed by atoms with Crippen molar-refractivity contribution in [3.05, 3.63) is 74.8 Å². The van der Waals surface area contributed by atoms with E-state index in [0.29, 0.717) is 50.1 Å². The van der Waals surface area contributed by atoms with Gasteiger partial charge in [0, 0.05) is 24.6 Å². The number of hydrogen-bond donors (Lipinski definition) is 2. The fourth-order valence-corrected chi connectivity index (χ4v) is 5.25. The van der Waals surface area contributed by atoms with Gasteiger partial charge in [0.2, 0.25) is 11.8 Å². The predicted molar refractivity (Wildman–Crippen MR) is 133 cm³/mol. The van der Waals surface area contributed by atoms with E-state index >= 15 is 0 Å². The van der Waals surface area contributed by atoms with Gasteiger partial charge in [-0.05, 0) is 49.6 Å². The maximum atomic E-state index is 13.1. The third-order valence-electron chi connectivity index (χ3n) is 5.95. The second kappa shape index (κ2) is 9.30. The van der Waals surface area contributed by atoms with Crippen LogP contribution in [-0.2, 0) is 13.0 Å². The Kier molecular flexibility index (Phi) is 6.04. The summed E-state index contributed by atoms with van der Waals surface area (Å²) in [6.07, 6.45) is 5.30. The van der Waals surface area contributed by atoms with Crippen LogP contribution in [-0.4, -0.2) is 26.3 Å². The number of thiophene rings is 1. The molecule has 0 unspecified atom stereocenters. The molecular weight excluding hydrogens is 466 g/mol. The van der Waals surface area contributed by atoms with Crippen LogP contribution in [0.3, 0.4) is 0 Å². The Balaban J connectivity index is 1.35. The number of anilines is 1. The monoisotopic (exact) mass is 489 g/mol. The van der Waals surface area contributed by atoms with Crippen LogP contribution in [0.4, 0.5) is 5.69 Å². The number of aromatic nitrogens is 3. The molecule has 0 radical (unpaired) electrons. The van der Waals surface area contributed by atoms with E-state index in [9.17, 15) is 14.4 Å². The predicted octanol–water partition coefficient (Wildman–Crippen LogP) is 4.03. The summed E-state index contributed by atoms with van der Waals surface area (Å²) in [5, 5.41) is 3.35. The van der Waals surface area contributed by atoms with Gasteiger partial charge in [0.1, 0.15) is 16.4 Å². The number of rotatable bonds is 5. The average molecular weight is 490 g/mol. The minimum Gasteiger partial charge on any atom is -0.439 e. The zero-order chi connectivity index (χ0) is 24.5. The van der Waals surface area contributed by atoms with E-state index in [1.165, 1.54) is 23.6 Å². The Morgan fingerprint density at radius 2 is 2.03 bits per heavy atom. The highest BCUT2D eigenvalue weighted by molar-refractivity contribution is 7.20. The lowest BCUT2D eigenvalue weighted by atomic mass is 10.2. The molecule has 0 saturated heterocycles. The first-order valence-electron chi connectivity index (χ1n) is 11.3. The number of primary amides is 1. The van der Waals surface area contributed by atoms with Gasteiger partial charge in [0.15, 0.2) is 0 Å². The zero-order valence-electron chi connectivity index (χ0n) is 19.0. The van der Waals surface area contributed by atoms with E-state index in [1.807, 2.05) is 0 Å². The summed E-state index contributed by atoms with van der Waals surface area (Å²) in [6, 6.07) is 9.74. The lowest BCUT2D eigenvalue weighted by Crippen LogP contribution is -2.24. The summed E-state index contributed by atoms with van der Waals surface area (Å²) in [7, 11) is 0. The summed E-state index contributed by atoms with van der Waals surface area (Å²) < 4.78 is 7.43. The first kappa shape index (κ1) is 22.7. The van der Waals surface area contributed by atoms with Gasteiger partial charge in [-0.2, -0.15) is 0 Å². The molecular formula is C25H23N5O4S. The van der Waals surface area contributed by atoms with E-state index in [4.69, 9.17) is 15.5 Å². The molecule has 5 rings (SSSR count). The molecule has 1 aliphatic heterocycles. The molecule has 0 saturated carbocycles. The van der Waals surface area contributed by atoms with Crippen molar-refractivity contribution >= 4 is 39.1 Å². The number of fused-ring (bicyclic) bond motifs is 2. The number of nitrogens with zero attached hydrogens (tertiary/aromatic N) is 3. The standard InChI is InChI=1S/C25H23N5O4S/c1-14-20-24(29-18-8-3-2-4-11-30(18)25(20)33)35-21(14)23(32)28-16-9-10-19(27-13-16)34-17-7-5-6-15(12-17)22(26)31/h5-7,9-10,12-13H,2-4,8,11H2,1H3,(H2,26,31)(H,28,32). The van der Waals surface area contributed by atoms with Crippen molar-refractivity contribution in [2.24, 2.45) is 5.73 Å². The van der Waals surface area contributed by atoms with Gasteiger partial charge in [-0.15, -0.1) is 11.3 Å². The van der Waals surface area contributed by atoms with Gasteiger partial charge in [0.05, 0.1) is 22.1 Å². The number of pyridine rings is 1. The normalized spacial score (nSPS) is 13.2. The molecule has 0 fully saturated rings. The highest BCUT2D eigenvalue weighted by Crippen LogP contribution is 2.29. The van der Waals surface area contributed by atoms with E-state index < -0.39 is 5.91 Å². The molecule has 4 aromatic rings. The maximum Gasteiger partial charge on any atom is 0.266 e. The third-order valence-corrected chi connectivity index (χ3v) is 7.14. The Labute approximate surface area is 204 Å². The minimum atomic E-state index is -0.549. The molecule has 9 nitrogen and oxygen atoms in total. The fraction of sp³-hybridized carbons (Fsp3) is 0.240. The van der Waals surface area contributed by atoms with Gasteiger partial charge < -0.3 is 15.8 Å². The van der Waals surface area contributed by atoms with E-state index in [0.717, 1.165) is 31.5 Å². The minimum absolute atomic E-state index is 0.0664. The molecule has 0 bridgehead atoms. The van der Waals surface area contributed by atoms with Crippen LogP contribution in [0.2, 0.25) is 0 Å². The van der Waals surface area contributed by atoms with Crippen molar-refractivity contribution < 1.29 is 14.3 Å². The van der Waals surface area contributed by atoms with Crippen molar-refractivity contribution in [3.63, 3.8) is 0 Å². The highest BCUT2D eigenvalue weighted by atomic mass is 32.1. The number of ether oxygens (including phenoxy) is 1. The first-order valence-corrected chi connectivity index (χ1v) is 12.1. The number of hydrogen-bond acceptors (Lipinski definition) is 7. The van der Waals surface area contributed by atoms with E-state index in [-0.39, 0.29) is 11.5 Å². The molecule has 3 aromatic heterocycles. The van der Waals surface area contributed by atoms with Gasteiger partial charge in [-0.25, -0.2) is 9.97 Å². The molecule has 1 aliphatic rings. The van der Waals surface area contributed by atoms with Gasteiger partial charge in [-0.1, -0.05) is 12.5 Å². The summed E-state index contributed by atoms with van der Waals surface area (Å²) in [4.78, 5) is 47.5. The molecule has 0 spiro atoms. The topological polar surface area (TPSA) is 129 Å². The van der Waals surface area contributed by atoms with Crippen molar-refractivity contribution in [2.75, 3.05) is 5.32 Å². The SMILES string of the molecule is Cc1c(C(=O)Nc2ccc(Oc3cccc(C(N)=O)c3)nc2)sc2nc3n(c(=O)c12)CCCCC3. The van der Waals surface area contributed by atoms with Gasteiger partial charge in [0.25, 0.3) is 11.5 Å². The maximum absolute atomic E-state index is 13.1. The van der Waals surface area contributed by atoms with Gasteiger partial charge in [-0.3, -0.25) is 19.0 Å². The van der Waals surface area contributed by atoms with Crippen molar-refractivity contribution in [3.8, 4) is 11.6 Å². The molecule has 178 valence electrons. The molecule has 0 atom stereocenters. The molecule has 10 heteroatoms. The Morgan fingerprint density at radius 3 is 2.80 bits per heavy atom. The van der Waals surface area contributed by atoms with Crippen molar-refractivity contribution in [1.29, 1.82) is 0 Å². The van der Waals surface area contributed by atoms with Crippen LogP contribution in [0, 0.1) is 6.92 Å². The summed E-state index contributed by atoms with van der Waals surface area (Å²) in [6.45, 7) is 2.46. The lowest BCUT2D eigenvalue weighted by molar-refractivity contribution is 0.0997. The second-order valence-corrected chi connectivity index (χ2v) is 9.36. The lowest BCUT2D eigenvalue weighted by Gasteiger charge is -2.08. The quantitative estimate of drug-likeness (QED) is 0.435. The molecule has 3 N–H and O–H groups in total. The largest absolute Gasteiger partial charge is 0.439 e. The van der Waals surface area contributed by atoms with Crippen LogP contribution < -0.4 is 21.3 Å². The second-order valence-electron chi connectivity index (χ2n) is 8.37. The number of nitrogens with one attached hydrogen (secondary N) is 1. The highest BCUT2D eigenvalue weighted by Gasteiger charge is 2.22. The van der Waals surface area contributed by atoms with Gasteiger partial charge >= 0.3 is 0 Å². The van der Waals surface area contributed by atoms with E-state index in [2.05, 4.69) is 10.3 Å². The molecule has 0 aliphatic carbocycles. The number of carbonyl (C=O) groups is 2. The van der Waals surface area contributed by atoms with Crippen LogP contribution in [0.15, 0.2) is 47.4 Å². The van der Waals surface area contributed by atoms with Crippen LogP contribution >= 0.6 is 11.3 Å². The number of aryl methyl sites for hydroxylation is 2. The summed E-state index contributed by atoms with van der Waals surface area (Å²) >= 11 is 1.23. The number of amides is 2. The number of carbonyl (C=O) groups excluding carboxylic acids is 2. The Bertz CT molecular complexity index is 1510. The number of nitrogens with two attached hydrogens (primary N) is 1. The van der Waals surface area contributed by atoms with Crippen LogP contribution in [0.5, 0.6) is 11.6 Å². The smallest absolute Gasteiger partial charge is 0.266 e. The van der Waals surface area contributed by atoms with E-state index in [1.54, 1.807) is 41.8 Å². The Morgan fingerprint density at radius 1 is 1.17 bits per heavy atom. The third kappa shape index (κ3) is 4.52. The summed E-state index contributed by atoms with van der Waals surface area (Å²) in [5.41, 5.74) is 6.68. The van der Waals surface area contributed by atoms with Crippen LogP contribution in [0.1, 0.15) is 50.7 Å². The Hall–Kier alpha value is -4.05. The van der Waals surface area contributed by atoms with Crippen molar-refractivity contribution in [1.82, 2.24) is 14.5 Å². The molecule has 35 heavy (non-hydrogen) atoms. The average Bonchev–Trinajstić information content (AvgIpc) is 3.01. The van der Waals surface area contributed by atoms with Crippen LogP contribution in [0.25, 0.3) is 10.2 Å². The van der Waals surface area contributed by atoms with Crippen molar-refractivity contribution in [2.45, 2.75) is 39.2 Å². The number of benzene rings is 1. The molecule has 1 aromatic carbocycles. The fourth-order valence-electron chi connectivity index (χ4n) is 4.16. The zero-order valence-corrected chi connectivity index (χ0v) is 19.9. The first-order chi connectivity index (χ1) is 16.9. The summed E-state index contributed by atoms with van der Waals surface area (Å²) in [5.74, 6) is 0.640. The molecule has 4 heterocycles.